The minimum Gasteiger partial charge on any atom is -0.462 e. The zero-order valence-corrected chi connectivity index (χ0v) is 16.1. The van der Waals surface area contributed by atoms with Crippen LogP contribution in [0.4, 0.5) is 8.78 Å². The van der Waals surface area contributed by atoms with Gasteiger partial charge in [0.15, 0.2) is 5.83 Å². The van der Waals surface area contributed by atoms with Gasteiger partial charge in [-0.1, -0.05) is 19.9 Å². The minimum atomic E-state index is -0.806. The van der Waals surface area contributed by atoms with Gasteiger partial charge in [-0.25, -0.2) is 8.78 Å². The molecule has 0 spiro atoms. The molecule has 0 aromatic carbocycles. The second-order valence-corrected chi connectivity index (χ2v) is 9.10. The first-order valence-electron chi connectivity index (χ1n) is 9.83. The second kappa shape index (κ2) is 6.11. The van der Waals surface area contributed by atoms with Crippen LogP contribution in [0, 0.1) is 28.6 Å². The van der Waals surface area contributed by atoms with Crippen molar-refractivity contribution in [1.29, 1.82) is 0 Å². The summed E-state index contributed by atoms with van der Waals surface area (Å²) in [7, 11) is 0. The summed E-state index contributed by atoms with van der Waals surface area (Å²) >= 11 is 0. The Kier molecular flexibility index (Phi) is 4.21. The average molecular weight is 376 g/mol. The van der Waals surface area contributed by atoms with Crippen LogP contribution in [-0.4, -0.2) is 17.9 Å². The first-order chi connectivity index (χ1) is 12.7. The summed E-state index contributed by atoms with van der Waals surface area (Å²) in [5.41, 5.74) is -0.232. The number of carbonyl (C=O) groups excluding carboxylic acids is 2. The largest absolute Gasteiger partial charge is 0.462 e. The molecule has 0 radical (unpaired) electrons. The van der Waals surface area contributed by atoms with Gasteiger partial charge >= 0.3 is 5.97 Å². The van der Waals surface area contributed by atoms with Crippen molar-refractivity contribution in [2.75, 3.05) is 0 Å². The number of esters is 1. The molecule has 0 saturated heterocycles. The predicted molar refractivity (Wildman–Crippen MR) is 96.8 cm³/mol. The van der Waals surface area contributed by atoms with E-state index in [4.69, 9.17) is 4.74 Å². The Morgan fingerprint density at radius 1 is 1.26 bits per heavy atom. The molecule has 6 atom stereocenters. The highest BCUT2D eigenvalue weighted by atomic mass is 19.1. The third-order valence-electron chi connectivity index (χ3n) is 7.89. The number of hydrogen-bond donors (Lipinski definition) is 0. The Morgan fingerprint density at radius 3 is 2.67 bits per heavy atom. The Labute approximate surface area is 158 Å². The van der Waals surface area contributed by atoms with Crippen LogP contribution in [0.15, 0.2) is 35.5 Å². The average Bonchev–Trinajstić information content (AvgIpc) is 2.94. The third kappa shape index (κ3) is 2.50. The van der Waals surface area contributed by atoms with E-state index in [9.17, 15) is 18.4 Å². The van der Waals surface area contributed by atoms with Gasteiger partial charge in [0, 0.05) is 23.3 Å². The van der Waals surface area contributed by atoms with Crippen molar-refractivity contribution in [2.24, 2.45) is 28.6 Å². The molecule has 0 heterocycles. The first-order valence-corrected chi connectivity index (χ1v) is 9.83. The molecule has 0 bridgehead atoms. The van der Waals surface area contributed by atoms with Crippen molar-refractivity contribution in [3.05, 3.63) is 35.5 Å². The second-order valence-electron chi connectivity index (χ2n) is 9.10. The van der Waals surface area contributed by atoms with Crippen LogP contribution in [-0.2, 0) is 14.3 Å². The summed E-state index contributed by atoms with van der Waals surface area (Å²) in [6.07, 6.45) is 7.39. The highest BCUT2D eigenvalue weighted by molar-refractivity contribution is 6.05. The number of halogens is 2. The zero-order valence-electron chi connectivity index (χ0n) is 16.1. The quantitative estimate of drug-likeness (QED) is 0.606. The molecule has 4 rings (SSSR count). The van der Waals surface area contributed by atoms with Crippen LogP contribution < -0.4 is 0 Å². The molecule has 5 heteroatoms. The lowest BCUT2D eigenvalue weighted by Crippen LogP contribution is -2.51. The van der Waals surface area contributed by atoms with Gasteiger partial charge in [0.2, 0.25) is 5.78 Å². The summed E-state index contributed by atoms with van der Waals surface area (Å²) < 4.78 is 34.1. The van der Waals surface area contributed by atoms with Crippen molar-refractivity contribution in [3.63, 3.8) is 0 Å². The van der Waals surface area contributed by atoms with E-state index < -0.39 is 17.0 Å². The monoisotopic (exact) mass is 376 g/mol. The lowest BCUT2D eigenvalue weighted by Gasteiger charge is -2.57. The number of carbonyl (C=O) groups is 2. The third-order valence-corrected chi connectivity index (χ3v) is 7.89. The summed E-state index contributed by atoms with van der Waals surface area (Å²) in [5.74, 6) is -1.10. The van der Waals surface area contributed by atoms with Crippen LogP contribution in [0.1, 0.15) is 52.9 Å². The molecule has 0 amide bonds. The summed E-state index contributed by atoms with van der Waals surface area (Å²) in [4.78, 5) is 23.4. The number of rotatable bonds is 1. The van der Waals surface area contributed by atoms with E-state index in [0.717, 1.165) is 25.7 Å². The number of ether oxygens (including phenoxy) is 1. The van der Waals surface area contributed by atoms with Gasteiger partial charge < -0.3 is 4.74 Å². The van der Waals surface area contributed by atoms with Gasteiger partial charge in [-0.3, -0.25) is 9.59 Å². The molecule has 3 saturated carbocycles. The van der Waals surface area contributed by atoms with Crippen molar-refractivity contribution in [1.82, 2.24) is 0 Å². The summed E-state index contributed by atoms with van der Waals surface area (Å²) in [6.45, 7) is 5.56. The first kappa shape index (κ1) is 18.6. The summed E-state index contributed by atoms with van der Waals surface area (Å²) in [6, 6.07) is 0. The van der Waals surface area contributed by atoms with E-state index in [1.807, 2.05) is 6.92 Å². The zero-order chi connectivity index (χ0) is 19.6. The Morgan fingerprint density at radius 2 is 2.00 bits per heavy atom. The van der Waals surface area contributed by atoms with Crippen molar-refractivity contribution in [3.8, 4) is 0 Å². The van der Waals surface area contributed by atoms with Crippen LogP contribution in [0.5, 0.6) is 0 Å². The van der Waals surface area contributed by atoms with Gasteiger partial charge in [-0.2, -0.15) is 0 Å². The fraction of sp³-hybridized carbons (Fsp3) is 0.636. The SMILES string of the molecule is CC(=O)O[C@H]1CC[C@H]2[C@@H]3CC(=CF)C4=C(F)C(=O)C=C[C@]4(C)[C@H]3CC[C@]12C. The van der Waals surface area contributed by atoms with Gasteiger partial charge in [0.1, 0.15) is 6.10 Å². The van der Waals surface area contributed by atoms with Gasteiger partial charge in [0.25, 0.3) is 0 Å². The molecule has 4 aliphatic rings. The van der Waals surface area contributed by atoms with E-state index in [1.165, 1.54) is 13.0 Å². The standard InChI is InChI=1S/C22H26F2O3/c1-12(25)27-18-5-4-15-14-10-13(11-23)19-20(24)17(26)7-9-22(19,3)16(14)6-8-21(15,18)2/h7,9,11,14-16,18H,4-6,8,10H2,1-3H3/t14-,15-,16-,18-,21-,22+/m0/s1. The Hall–Kier alpha value is -1.78. The smallest absolute Gasteiger partial charge is 0.302 e. The molecular weight excluding hydrogens is 350 g/mol. The minimum absolute atomic E-state index is 0.108. The molecule has 3 fully saturated rings. The van der Waals surface area contributed by atoms with Crippen molar-refractivity contribution < 1.29 is 23.1 Å². The van der Waals surface area contributed by atoms with Crippen molar-refractivity contribution in [2.45, 2.75) is 59.0 Å². The number of hydrogen-bond acceptors (Lipinski definition) is 3. The fourth-order valence-corrected chi connectivity index (χ4v) is 6.68. The van der Waals surface area contributed by atoms with E-state index in [-0.39, 0.29) is 34.9 Å². The normalized spacial score (nSPS) is 44.8. The van der Waals surface area contributed by atoms with Crippen LogP contribution >= 0.6 is 0 Å². The van der Waals surface area contributed by atoms with Gasteiger partial charge in [-0.05, 0) is 61.5 Å². The van der Waals surface area contributed by atoms with Crippen LogP contribution in [0.25, 0.3) is 0 Å². The number of fused-ring (bicyclic) bond motifs is 5. The Balaban J connectivity index is 1.74. The Bertz CT molecular complexity index is 795. The number of ketones is 1. The molecule has 0 aromatic heterocycles. The molecule has 146 valence electrons. The van der Waals surface area contributed by atoms with E-state index in [0.29, 0.717) is 24.2 Å². The molecule has 0 unspecified atom stereocenters. The highest BCUT2D eigenvalue weighted by Gasteiger charge is 2.61. The highest BCUT2D eigenvalue weighted by Crippen LogP contribution is 2.66. The van der Waals surface area contributed by atoms with Crippen LogP contribution in [0.2, 0.25) is 0 Å². The van der Waals surface area contributed by atoms with E-state index in [1.54, 1.807) is 6.08 Å². The maximum Gasteiger partial charge on any atom is 0.302 e. The lowest BCUT2D eigenvalue weighted by atomic mass is 9.47. The predicted octanol–water partition coefficient (Wildman–Crippen LogP) is 4.99. The molecule has 0 aromatic rings. The van der Waals surface area contributed by atoms with Crippen LogP contribution in [0.3, 0.4) is 0 Å². The molecule has 4 aliphatic carbocycles. The fourth-order valence-electron chi connectivity index (χ4n) is 6.68. The van der Waals surface area contributed by atoms with Crippen molar-refractivity contribution >= 4 is 11.8 Å². The molecule has 27 heavy (non-hydrogen) atoms. The van der Waals surface area contributed by atoms with Gasteiger partial charge in [0.05, 0.1) is 6.33 Å². The molecule has 0 aliphatic heterocycles. The topological polar surface area (TPSA) is 43.4 Å². The molecular formula is C22H26F2O3. The maximum atomic E-state index is 14.7. The summed E-state index contributed by atoms with van der Waals surface area (Å²) in [5, 5.41) is 0. The molecule has 3 nitrogen and oxygen atoms in total. The van der Waals surface area contributed by atoms with E-state index in [2.05, 4.69) is 6.92 Å². The molecule has 0 N–H and O–H groups in total. The van der Waals surface area contributed by atoms with Gasteiger partial charge in [-0.15, -0.1) is 0 Å². The lowest BCUT2D eigenvalue weighted by molar-refractivity contribution is -0.156. The van der Waals surface area contributed by atoms with E-state index >= 15 is 0 Å². The number of allylic oxidation sites excluding steroid dienone is 5. The maximum absolute atomic E-state index is 14.7.